The van der Waals surface area contributed by atoms with Crippen LogP contribution in [0.1, 0.15) is 11.3 Å². The van der Waals surface area contributed by atoms with Crippen LogP contribution >= 0.6 is 15.9 Å². The summed E-state index contributed by atoms with van der Waals surface area (Å²) in [6, 6.07) is 5.89. The van der Waals surface area contributed by atoms with E-state index in [1.165, 1.54) is 6.39 Å². The molecule has 4 heteroatoms. The number of hydrogen-bond acceptors (Lipinski definition) is 3. The minimum atomic E-state index is -0.114. The standard InChI is InChI=1S/C11H10BrNO2/c1-7-2-3-8(4-9(7)12)11-10(5-14)13-6-15-11/h2-4,6,14H,5H2,1H3. The lowest BCUT2D eigenvalue weighted by Crippen LogP contribution is -1.87. The number of benzene rings is 1. The van der Waals surface area contributed by atoms with Crippen LogP contribution in [-0.4, -0.2) is 10.1 Å². The maximum atomic E-state index is 9.06. The zero-order chi connectivity index (χ0) is 10.8. The van der Waals surface area contributed by atoms with Crippen molar-refractivity contribution < 1.29 is 9.52 Å². The monoisotopic (exact) mass is 267 g/mol. The molecular formula is C11H10BrNO2. The van der Waals surface area contributed by atoms with Crippen LogP contribution in [0.15, 0.2) is 33.5 Å². The predicted octanol–water partition coefficient (Wildman–Crippen LogP) is 2.90. The fraction of sp³-hybridized carbons (Fsp3) is 0.182. The Kier molecular flexibility index (Phi) is 2.88. The van der Waals surface area contributed by atoms with E-state index in [9.17, 15) is 0 Å². The smallest absolute Gasteiger partial charge is 0.181 e. The molecule has 3 nitrogen and oxygen atoms in total. The molecule has 2 aromatic rings. The maximum absolute atomic E-state index is 9.06. The number of rotatable bonds is 2. The van der Waals surface area contributed by atoms with Crippen molar-refractivity contribution in [1.82, 2.24) is 4.98 Å². The number of nitrogens with zero attached hydrogens (tertiary/aromatic N) is 1. The fourth-order valence-corrected chi connectivity index (χ4v) is 1.73. The molecule has 15 heavy (non-hydrogen) atoms. The predicted molar refractivity (Wildman–Crippen MR) is 60.3 cm³/mol. The molecule has 1 N–H and O–H groups in total. The number of hydrogen-bond donors (Lipinski definition) is 1. The number of oxazole rings is 1. The lowest BCUT2D eigenvalue weighted by molar-refractivity contribution is 0.277. The van der Waals surface area contributed by atoms with Gasteiger partial charge in [0.1, 0.15) is 5.69 Å². The van der Waals surface area contributed by atoms with E-state index < -0.39 is 0 Å². The Morgan fingerprint density at radius 3 is 2.93 bits per heavy atom. The Labute approximate surface area is 95.9 Å². The molecule has 0 unspecified atom stereocenters. The fourth-order valence-electron chi connectivity index (χ4n) is 1.35. The lowest BCUT2D eigenvalue weighted by atomic mass is 10.1. The summed E-state index contributed by atoms with van der Waals surface area (Å²) in [7, 11) is 0. The molecule has 0 atom stereocenters. The van der Waals surface area contributed by atoms with Crippen molar-refractivity contribution in [1.29, 1.82) is 0 Å². The third-order valence-corrected chi connectivity index (χ3v) is 3.08. The van der Waals surface area contributed by atoms with Gasteiger partial charge in [-0.25, -0.2) is 4.98 Å². The summed E-state index contributed by atoms with van der Waals surface area (Å²) in [5.41, 5.74) is 2.63. The van der Waals surface area contributed by atoms with Gasteiger partial charge in [-0.1, -0.05) is 28.1 Å². The summed E-state index contributed by atoms with van der Waals surface area (Å²) in [6.45, 7) is 1.90. The van der Waals surface area contributed by atoms with Crippen molar-refractivity contribution in [2.75, 3.05) is 0 Å². The number of halogens is 1. The molecule has 0 aliphatic rings. The second kappa shape index (κ2) is 4.16. The Morgan fingerprint density at radius 1 is 1.47 bits per heavy atom. The first-order valence-electron chi connectivity index (χ1n) is 4.52. The highest BCUT2D eigenvalue weighted by atomic mass is 79.9. The van der Waals surface area contributed by atoms with Gasteiger partial charge in [-0.15, -0.1) is 0 Å². The van der Waals surface area contributed by atoms with Crippen molar-refractivity contribution >= 4 is 15.9 Å². The first-order chi connectivity index (χ1) is 7.22. The Morgan fingerprint density at radius 2 is 2.27 bits per heavy atom. The third kappa shape index (κ3) is 1.96. The SMILES string of the molecule is Cc1ccc(-c2ocnc2CO)cc1Br. The number of aromatic nitrogens is 1. The van der Waals surface area contributed by atoms with Crippen LogP contribution < -0.4 is 0 Å². The average Bonchev–Trinajstić information content (AvgIpc) is 2.70. The van der Waals surface area contributed by atoms with Crippen molar-refractivity contribution in [3.63, 3.8) is 0 Å². The summed E-state index contributed by atoms with van der Waals surface area (Å²) in [4.78, 5) is 3.93. The first-order valence-corrected chi connectivity index (χ1v) is 5.31. The largest absolute Gasteiger partial charge is 0.443 e. The molecule has 0 aliphatic carbocycles. The maximum Gasteiger partial charge on any atom is 0.181 e. The summed E-state index contributed by atoms with van der Waals surface area (Å²) >= 11 is 3.45. The van der Waals surface area contributed by atoms with E-state index >= 15 is 0 Å². The summed E-state index contributed by atoms with van der Waals surface area (Å²) < 4.78 is 6.26. The second-order valence-electron chi connectivity index (χ2n) is 3.25. The average molecular weight is 268 g/mol. The van der Waals surface area contributed by atoms with Gasteiger partial charge in [0.2, 0.25) is 0 Å². The van der Waals surface area contributed by atoms with Gasteiger partial charge in [0.25, 0.3) is 0 Å². The molecule has 78 valence electrons. The molecule has 0 fully saturated rings. The van der Waals surface area contributed by atoms with Crippen molar-refractivity contribution in [3.8, 4) is 11.3 Å². The van der Waals surface area contributed by atoms with Crippen LogP contribution in [0, 0.1) is 6.92 Å². The topological polar surface area (TPSA) is 46.3 Å². The molecule has 1 heterocycles. The van der Waals surface area contributed by atoms with Gasteiger partial charge in [-0.3, -0.25) is 0 Å². The molecule has 0 spiro atoms. The van der Waals surface area contributed by atoms with Crippen molar-refractivity contribution in [2.45, 2.75) is 13.5 Å². The van der Waals surface area contributed by atoms with Crippen LogP contribution in [0.25, 0.3) is 11.3 Å². The van der Waals surface area contributed by atoms with Gasteiger partial charge in [0, 0.05) is 10.0 Å². The van der Waals surface area contributed by atoms with Gasteiger partial charge in [-0.2, -0.15) is 0 Å². The summed E-state index contributed by atoms with van der Waals surface area (Å²) in [6.07, 6.45) is 1.34. The minimum absolute atomic E-state index is 0.114. The quantitative estimate of drug-likeness (QED) is 0.910. The highest BCUT2D eigenvalue weighted by Crippen LogP contribution is 2.27. The zero-order valence-corrected chi connectivity index (χ0v) is 9.78. The molecule has 2 rings (SSSR count). The van der Waals surface area contributed by atoms with Crippen LogP contribution in [0.5, 0.6) is 0 Å². The molecule has 1 aromatic carbocycles. The Balaban J connectivity index is 2.50. The van der Waals surface area contributed by atoms with E-state index in [0.29, 0.717) is 11.5 Å². The molecule has 0 saturated heterocycles. The zero-order valence-electron chi connectivity index (χ0n) is 8.20. The van der Waals surface area contributed by atoms with E-state index in [0.717, 1.165) is 15.6 Å². The van der Waals surface area contributed by atoms with E-state index in [-0.39, 0.29) is 6.61 Å². The first kappa shape index (κ1) is 10.4. The van der Waals surface area contributed by atoms with Crippen LogP contribution in [0.3, 0.4) is 0 Å². The van der Waals surface area contributed by atoms with E-state index in [4.69, 9.17) is 9.52 Å². The van der Waals surface area contributed by atoms with Gasteiger partial charge in [-0.05, 0) is 18.6 Å². The van der Waals surface area contributed by atoms with Crippen molar-refractivity contribution in [3.05, 3.63) is 40.3 Å². The van der Waals surface area contributed by atoms with Crippen molar-refractivity contribution in [2.24, 2.45) is 0 Å². The second-order valence-corrected chi connectivity index (χ2v) is 4.10. The van der Waals surface area contributed by atoms with Gasteiger partial charge in [0.15, 0.2) is 12.2 Å². The number of aliphatic hydroxyl groups excluding tert-OH is 1. The van der Waals surface area contributed by atoms with Gasteiger partial charge < -0.3 is 9.52 Å². The molecule has 0 radical (unpaired) electrons. The minimum Gasteiger partial charge on any atom is -0.443 e. The van der Waals surface area contributed by atoms with Gasteiger partial charge in [0.05, 0.1) is 6.61 Å². The number of aliphatic hydroxyl groups is 1. The summed E-state index contributed by atoms with van der Waals surface area (Å²) in [5, 5.41) is 9.06. The number of aryl methyl sites for hydroxylation is 1. The normalized spacial score (nSPS) is 10.6. The molecule has 1 aromatic heterocycles. The highest BCUT2D eigenvalue weighted by molar-refractivity contribution is 9.10. The molecule has 0 saturated carbocycles. The van der Waals surface area contributed by atoms with Crippen LogP contribution in [0.2, 0.25) is 0 Å². The summed E-state index contributed by atoms with van der Waals surface area (Å²) in [5.74, 6) is 0.623. The lowest BCUT2D eigenvalue weighted by Gasteiger charge is -2.02. The third-order valence-electron chi connectivity index (χ3n) is 2.22. The molecule has 0 amide bonds. The molecule has 0 aliphatic heterocycles. The Bertz CT molecular complexity index is 479. The Hall–Kier alpha value is -1.13. The van der Waals surface area contributed by atoms with E-state index in [2.05, 4.69) is 20.9 Å². The van der Waals surface area contributed by atoms with Crippen LogP contribution in [0.4, 0.5) is 0 Å². The highest BCUT2D eigenvalue weighted by Gasteiger charge is 2.10. The molecule has 0 bridgehead atoms. The van der Waals surface area contributed by atoms with Gasteiger partial charge >= 0.3 is 0 Å². The van der Waals surface area contributed by atoms with E-state index in [1.54, 1.807) is 0 Å². The van der Waals surface area contributed by atoms with E-state index in [1.807, 2.05) is 25.1 Å². The molecular weight excluding hydrogens is 258 g/mol. The van der Waals surface area contributed by atoms with Crippen LogP contribution in [-0.2, 0) is 6.61 Å².